The van der Waals surface area contributed by atoms with Gasteiger partial charge in [0.05, 0.1) is 22.2 Å². The van der Waals surface area contributed by atoms with Gasteiger partial charge in [-0.05, 0) is 29.4 Å². The van der Waals surface area contributed by atoms with Gasteiger partial charge in [0.2, 0.25) is 17.7 Å². The molecule has 1 fully saturated rings. The summed E-state index contributed by atoms with van der Waals surface area (Å²) in [5.41, 5.74) is 4.26. The average molecular weight is 515 g/mol. The zero-order valence-corrected chi connectivity index (χ0v) is 22.8. The van der Waals surface area contributed by atoms with Crippen molar-refractivity contribution >= 4 is 29.1 Å². The maximum atomic E-state index is 13.5. The van der Waals surface area contributed by atoms with Gasteiger partial charge in [-0.1, -0.05) is 58.9 Å². The van der Waals surface area contributed by atoms with Gasteiger partial charge in [0, 0.05) is 25.9 Å². The highest BCUT2D eigenvalue weighted by molar-refractivity contribution is 7.13. The van der Waals surface area contributed by atoms with Gasteiger partial charge in [-0.3, -0.25) is 14.4 Å². The fourth-order valence-electron chi connectivity index (χ4n) is 4.37. The van der Waals surface area contributed by atoms with Crippen molar-refractivity contribution in [1.82, 2.24) is 20.5 Å². The molecule has 1 aliphatic rings. The SMILES string of the molecule is Cc1ncsc1-c1ccc(CNC(=O)[C@@H]2C[C@H](O)CN2C(=O)C(NC(=O)CC(C)C)C(C)(C)C)cc1. The van der Waals surface area contributed by atoms with Crippen LogP contribution in [0.3, 0.4) is 0 Å². The number of hydrogen-bond donors (Lipinski definition) is 3. The molecular formula is C27H38N4O4S. The summed E-state index contributed by atoms with van der Waals surface area (Å²) in [5, 5.41) is 16.1. The lowest BCUT2D eigenvalue weighted by molar-refractivity contribution is -0.144. The van der Waals surface area contributed by atoms with E-state index < -0.39 is 23.6 Å². The van der Waals surface area contributed by atoms with Crippen LogP contribution in [0.2, 0.25) is 0 Å². The average Bonchev–Trinajstić information content (AvgIpc) is 3.40. The summed E-state index contributed by atoms with van der Waals surface area (Å²) in [5.74, 6) is -0.701. The number of benzene rings is 1. The second kappa shape index (κ2) is 11.5. The smallest absolute Gasteiger partial charge is 0.246 e. The largest absolute Gasteiger partial charge is 0.391 e. The van der Waals surface area contributed by atoms with Crippen molar-refractivity contribution in [2.75, 3.05) is 6.54 Å². The van der Waals surface area contributed by atoms with Crippen LogP contribution in [-0.2, 0) is 20.9 Å². The molecule has 8 nitrogen and oxygen atoms in total. The molecule has 36 heavy (non-hydrogen) atoms. The van der Waals surface area contributed by atoms with Crippen molar-refractivity contribution < 1.29 is 19.5 Å². The number of aryl methyl sites for hydroxylation is 1. The molecule has 1 unspecified atom stereocenters. The molecule has 3 atom stereocenters. The van der Waals surface area contributed by atoms with Gasteiger partial charge in [0.1, 0.15) is 12.1 Å². The molecule has 9 heteroatoms. The lowest BCUT2D eigenvalue weighted by atomic mass is 9.85. The third-order valence-electron chi connectivity index (χ3n) is 6.31. The van der Waals surface area contributed by atoms with Crippen molar-refractivity contribution in [2.45, 2.75) is 79.1 Å². The highest BCUT2D eigenvalue weighted by Gasteiger charge is 2.44. The van der Waals surface area contributed by atoms with Crippen LogP contribution >= 0.6 is 11.3 Å². The minimum Gasteiger partial charge on any atom is -0.391 e. The number of likely N-dealkylation sites (tertiary alicyclic amines) is 1. The number of carbonyl (C=O) groups is 3. The van der Waals surface area contributed by atoms with Crippen molar-refractivity contribution in [3.05, 3.63) is 41.0 Å². The Morgan fingerprint density at radius 1 is 1.19 bits per heavy atom. The number of amides is 3. The van der Waals surface area contributed by atoms with Crippen LogP contribution in [-0.4, -0.2) is 57.4 Å². The lowest BCUT2D eigenvalue weighted by Gasteiger charge is -2.35. The summed E-state index contributed by atoms with van der Waals surface area (Å²) in [6.07, 6.45) is -0.315. The van der Waals surface area contributed by atoms with Gasteiger partial charge < -0.3 is 20.6 Å². The van der Waals surface area contributed by atoms with Crippen molar-refractivity contribution in [1.29, 1.82) is 0 Å². The van der Waals surface area contributed by atoms with Gasteiger partial charge >= 0.3 is 0 Å². The first-order chi connectivity index (χ1) is 16.9. The number of hydrogen-bond acceptors (Lipinski definition) is 6. The van der Waals surface area contributed by atoms with Crippen LogP contribution in [0.15, 0.2) is 29.8 Å². The molecule has 0 saturated carbocycles. The molecule has 196 valence electrons. The predicted molar refractivity (Wildman–Crippen MR) is 141 cm³/mol. The van der Waals surface area contributed by atoms with Gasteiger partial charge in [0.15, 0.2) is 0 Å². The van der Waals surface area contributed by atoms with Gasteiger partial charge in [-0.2, -0.15) is 0 Å². The topological polar surface area (TPSA) is 112 Å². The number of carbonyl (C=O) groups excluding carboxylic acids is 3. The first-order valence-corrected chi connectivity index (χ1v) is 13.3. The molecule has 0 bridgehead atoms. The molecule has 1 aromatic carbocycles. The molecule has 0 spiro atoms. The van der Waals surface area contributed by atoms with E-state index in [1.165, 1.54) is 4.90 Å². The second-order valence-electron chi connectivity index (χ2n) is 11.0. The van der Waals surface area contributed by atoms with Crippen LogP contribution in [0.5, 0.6) is 0 Å². The van der Waals surface area contributed by atoms with E-state index in [1.54, 1.807) is 11.3 Å². The van der Waals surface area contributed by atoms with Gasteiger partial charge in [-0.25, -0.2) is 4.98 Å². The number of nitrogens with zero attached hydrogens (tertiary/aromatic N) is 2. The van der Waals surface area contributed by atoms with E-state index in [1.807, 2.05) is 71.3 Å². The molecule has 1 saturated heterocycles. The molecule has 3 rings (SSSR count). The van der Waals surface area contributed by atoms with Crippen LogP contribution in [0.1, 0.15) is 58.7 Å². The number of rotatable bonds is 8. The van der Waals surface area contributed by atoms with Crippen LogP contribution in [0, 0.1) is 18.3 Å². The number of aromatic nitrogens is 1. The zero-order chi connectivity index (χ0) is 26.6. The number of aliphatic hydroxyl groups excluding tert-OH is 1. The fourth-order valence-corrected chi connectivity index (χ4v) is 5.18. The van der Waals surface area contributed by atoms with E-state index in [9.17, 15) is 19.5 Å². The van der Waals surface area contributed by atoms with E-state index in [0.29, 0.717) is 13.0 Å². The quantitative estimate of drug-likeness (QED) is 0.501. The summed E-state index contributed by atoms with van der Waals surface area (Å²) in [4.78, 5) is 45.9. The number of β-amino-alcohol motifs (C(OH)–C–C–N with tert-alkyl or cyclic N) is 1. The Labute approximate surface area is 217 Å². The van der Waals surface area contributed by atoms with Crippen molar-refractivity contribution in [3.8, 4) is 10.4 Å². The Hall–Kier alpha value is -2.78. The van der Waals surface area contributed by atoms with Gasteiger partial charge in [-0.15, -0.1) is 11.3 Å². The maximum Gasteiger partial charge on any atom is 0.246 e. The van der Waals surface area contributed by atoms with Crippen molar-refractivity contribution in [3.63, 3.8) is 0 Å². The Bertz CT molecular complexity index is 1070. The second-order valence-corrected chi connectivity index (χ2v) is 11.9. The zero-order valence-electron chi connectivity index (χ0n) is 22.0. The molecule has 0 radical (unpaired) electrons. The summed E-state index contributed by atoms with van der Waals surface area (Å²) >= 11 is 1.59. The Kier molecular flexibility index (Phi) is 8.89. The molecule has 3 amide bonds. The Morgan fingerprint density at radius 3 is 2.42 bits per heavy atom. The molecule has 0 aliphatic carbocycles. The monoisotopic (exact) mass is 514 g/mol. The summed E-state index contributed by atoms with van der Waals surface area (Å²) in [6, 6.07) is 6.34. The first-order valence-electron chi connectivity index (χ1n) is 12.4. The number of thiazole rings is 1. The predicted octanol–water partition coefficient (Wildman–Crippen LogP) is 3.27. The highest BCUT2D eigenvalue weighted by Crippen LogP contribution is 2.28. The Balaban J connectivity index is 1.67. The Morgan fingerprint density at radius 2 is 1.86 bits per heavy atom. The maximum absolute atomic E-state index is 13.5. The fraction of sp³-hybridized carbons (Fsp3) is 0.556. The molecular weight excluding hydrogens is 476 g/mol. The van der Waals surface area contributed by atoms with Crippen LogP contribution < -0.4 is 10.6 Å². The molecule has 1 aliphatic heterocycles. The van der Waals surface area contributed by atoms with E-state index in [2.05, 4.69) is 15.6 Å². The van der Waals surface area contributed by atoms with E-state index >= 15 is 0 Å². The minimum atomic E-state index is -0.799. The standard InChI is InChI=1S/C27H38N4O4S/c1-16(2)11-22(33)30-24(27(4,5)6)26(35)31-14-20(32)12-21(31)25(34)28-13-18-7-9-19(10-8-18)23-17(3)29-15-36-23/h7-10,15-16,20-21,24,32H,11-14H2,1-6H3,(H,28,34)(H,30,33)/t20-,21-,24?/m0/s1. The summed E-state index contributed by atoms with van der Waals surface area (Å²) in [6.45, 7) is 11.9. The molecule has 2 heterocycles. The van der Waals surface area contributed by atoms with Crippen LogP contribution in [0.25, 0.3) is 10.4 Å². The summed E-state index contributed by atoms with van der Waals surface area (Å²) in [7, 11) is 0. The van der Waals surface area contributed by atoms with Crippen molar-refractivity contribution in [2.24, 2.45) is 11.3 Å². The summed E-state index contributed by atoms with van der Waals surface area (Å²) < 4.78 is 0. The third kappa shape index (κ3) is 6.91. The lowest BCUT2D eigenvalue weighted by Crippen LogP contribution is -2.57. The highest BCUT2D eigenvalue weighted by atomic mass is 32.1. The molecule has 2 aromatic rings. The number of aliphatic hydroxyl groups is 1. The first kappa shape index (κ1) is 27.8. The third-order valence-corrected chi connectivity index (χ3v) is 7.28. The van der Waals surface area contributed by atoms with E-state index in [-0.39, 0.29) is 36.6 Å². The number of nitrogens with one attached hydrogen (secondary N) is 2. The minimum absolute atomic E-state index is 0.0620. The van der Waals surface area contributed by atoms with E-state index in [4.69, 9.17) is 0 Å². The normalized spacial score (nSPS) is 18.8. The molecule has 3 N–H and O–H groups in total. The van der Waals surface area contributed by atoms with E-state index in [0.717, 1.165) is 21.7 Å². The van der Waals surface area contributed by atoms with Gasteiger partial charge in [0.25, 0.3) is 0 Å². The molecule has 1 aromatic heterocycles. The van der Waals surface area contributed by atoms with Crippen LogP contribution in [0.4, 0.5) is 0 Å².